The van der Waals surface area contributed by atoms with Crippen LogP contribution in [0.25, 0.3) is 0 Å². The fraction of sp³-hybridized carbons (Fsp3) is 0.333. The molecule has 1 aromatic carbocycles. The van der Waals surface area contributed by atoms with Gasteiger partial charge in [-0.2, -0.15) is 0 Å². The molecule has 6 nitrogen and oxygen atoms in total. The fourth-order valence-electron chi connectivity index (χ4n) is 2.00. The van der Waals surface area contributed by atoms with E-state index in [4.69, 9.17) is 0 Å². The summed E-state index contributed by atoms with van der Waals surface area (Å²) in [6.45, 7) is 1.85. The lowest BCUT2D eigenvalue weighted by molar-refractivity contribution is -0.384. The zero-order chi connectivity index (χ0) is 14.0. The molecule has 102 valence electrons. The molecular weight excluding hydrogens is 268 g/mol. The van der Waals surface area contributed by atoms with Crippen LogP contribution in [-0.4, -0.2) is 25.1 Å². The molecule has 1 aliphatic rings. The Hall–Kier alpha value is -1.73. The molecule has 2 atom stereocenters. The molecule has 0 radical (unpaired) electrons. The van der Waals surface area contributed by atoms with E-state index in [9.17, 15) is 18.5 Å². The van der Waals surface area contributed by atoms with Crippen molar-refractivity contribution in [3.63, 3.8) is 0 Å². The molecule has 2 unspecified atom stereocenters. The largest absolute Gasteiger partial charge is 0.303 e. The van der Waals surface area contributed by atoms with Crippen LogP contribution in [0.15, 0.2) is 35.7 Å². The van der Waals surface area contributed by atoms with Crippen LogP contribution in [0.1, 0.15) is 18.5 Å². The number of nitrogens with one attached hydrogen (secondary N) is 1. The average molecular weight is 282 g/mol. The van der Waals surface area contributed by atoms with Crippen molar-refractivity contribution in [2.24, 2.45) is 0 Å². The first kappa shape index (κ1) is 13.7. The van der Waals surface area contributed by atoms with Gasteiger partial charge in [0.1, 0.15) is 0 Å². The summed E-state index contributed by atoms with van der Waals surface area (Å²) in [7, 11) is -3.10. The summed E-state index contributed by atoms with van der Waals surface area (Å²) in [6.07, 6.45) is 1.60. The Morgan fingerprint density at radius 2 is 2.21 bits per heavy atom. The molecule has 1 N–H and O–H groups in total. The Bertz CT molecular complexity index is 624. The molecule has 0 saturated heterocycles. The van der Waals surface area contributed by atoms with Gasteiger partial charge in [0.2, 0.25) is 0 Å². The number of nitro benzene ring substituents is 1. The van der Waals surface area contributed by atoms with E-state index in [1.54, 1.807) is 18.2 Å². The number of hydrogen-bond acceptors (Lipinski definition) is 5. The van der Waals surface area contributed by atoms with Crippen molar-refractivity contribution in [3.8, 4) is 0 Å². The monoisotopic (exact) mass is 282 g/mol. The molecule has 2 rings (SSSR count). The van der Waals surface area contributed by atoms with Gasteiger partial charge in [-0.1, -0.05) is 18.2 Å². The van der Waals surface area contributed by atoms with Crippen molar-refractivity contribution >= 4 is 15.5 Å². The number of sulfone groups is 1. The molecule has 0 spiro atoms. The van der Waals surface area contributed by atoms with Crippen LogP contribution in [0, 0.1) is 10.1 Å². The second-order valence-electron chi connectivity index (χ2n) is 4.51. The van der Waals surface area contributed by atoms with Gasteiger partial charge < -0.3 is 5.32 Å². The number of nitrogens with zero attached hydrogens (tertiary/aromatic N) is 1. The Balaban J connectivity index is 2.08. The highest BCUT2D eigenvalue weighted by molar-refractivity contribution is 7.94. The van der Waals surface area contributed by atoms with Crippen molar-refractivity contribution in [3.05, 3.63) is 51.4 Å². The van der Waals surface area contributed by atoms with Gasteiger partial charge in [-0.3, -0.25) is 10.1 Å². The third kappa shape index (κ3) is 3.39. The van der Waals surface area contributed by atoms with Crippen molar-refractivity contribution in [2.75, 3.05) is 5.75 Å². The third-order valence-electron chi connectivity index (χ3n) is 2.98. The van der Waals surface area contributed by atoms with Crippen LogP contribution < -0.4 is 5.32 Å². The maximum atomic E-state index is 11.3. The Kier molecular flexibility index (Phi) is 3.68. The molecule has 0 fully saturated rings. The molecule has 0 amide bonds. The maximum absolute atomic E-state index is 11.3. The van der Waals surface area contributed by atoms with Crippen LogP contribution in [0.3, 0.4) is 0 Å². The summed E-state index contributed by atoms with van der Waals surface area (Å²) >= 11 is 0. The smallest absolute Gasteiger partial charge is 0.269 e. The molecule has 19 heavy (non-hydrogen) atoms. The van der Waals surface area contributed by atoms with Gasteiger partial charge in [-0.25, -0.2) is 8.42 Å². The van der Waals surface area contributed by atoms with E-state index in [0.29, 0.717) is 0 Å². The lowest BCUT2D eigenvalue weighted by Crippen LogP contribution is -2.32. The number of benzene rings is 1. The molecule has 1 heterocycles. The molecule has 0 saturated carbocycles. The molecule has 7 heteroatoms. The highest BCUT2D eigenvalue weighted by Gasteiger charge is 2.23. The zero-order valence-electron chi connectivity index (χ0n) is 10.3. The number of non-ortho nitro benzene ring substituents is 1. The van der Waals surface area contributed by atoms with Crippen LogP contribution in [0.2, 0.25) is 0 Å². The van der Waals surface area contributed by atoms with Gasteiger partial charge in [-0.15, -0.1) is 0 Å². The number of nitro groups is 1. The van der Waals surface area contributed by atoms with Crippen LogP contribution in [0.5, 0.6) is 0 Å². The average Bonchev–Trinajstić information content (AvgIpc) is 2.68. The number of rotatable bonds is 4. The van der Waals surface area contributed by atoms with Crippen LogP contribution >= 0.6 is 0 Å². The first-order valence-electron chi connectivity index (χ1n) is 5.79. The second kappa shape index (κ2) is 5.10. The maximum Gasteiger partial charge on any atom is 0.269 e. The van der Waals surface area contributed by atoms with E-state index in [1.807, 2.05) is 6.92 Å². The van der Waals surface area contributed by atoms with E-state index in [0.717, 1.165) is 5.56 Å². The van der Waals surface area contributed by atoms with E-state index >= 15 is 0 Å². The Labute approximate surface area is 111 Å². The topological polar surface area (TPSA) is 89.3 Å². The van der Waals surface area contributed by atoms with E-state index in [2.05, 4.69) is 5.32 Å². The summed E-state index contributed by atoms with van der Waals surface area (Å²) in [4.78, 5) is 10.3. The summed E-state index contributed by atoms with van der Waals surface area (Å²) in [6, 6.07) is 5.90. The Morgan fingerprint density at radius 1 is 1.47 bits per heavy atom. The fourth-order valence-corrected chi connectivity index (χ4v) is 3.25. The van der Waals surface area contributed by atoms with Gasteiger partial charge in [-0.05, 0) is 12.5 Å². The van der Waals surface area contributed by atoms with Crippen molar-refractivity contribution in [1.29, 1.82) is 0 Å². The minimum absolute atomic E-state index is 0.0285. The summed E-state index contributed by atoms with van der Waals surface area (Å²) < 4.78 is 22.6. The molecule has 1 aliphatic heterocycles. The highest BCUT2D eigenvalue weighted by Crippen LogP contribution is 2.20. The molecule has 0 aromatic heterocycles. The van der Waals surface area contributed by atoms with E-state index < -0.39 is 14.8 Å². The summed E-state index contributed by atoms with van der Waals surface area (Å²) in [5.74, 6) is 0.0340. The van der Waals surface area contributed by atoms with Crippen molar-refractivity contribution in [1.82, 2.24) is 5.32 Å². The van der Waals surface area contributed by atoms with Crippen LogP contribution in [-0.2, 0) is 9.84 Å². The minimum Gasteiger partial charge on any atom is -0.303 e. The second-order valence-corrected chi connectivity index (χ2v) is 6.44. The van der Waals surface area contributed by atoms with Gasteiger partial charge in [0.15, 0.2) is 9.84 Å². The van der Waals surface area contributed by atoms with Crippen LogP contribution in [0.4, 0.5) is 5.69 Å². The first-order chi connectivity index (χ1) is 8.87. The zero-order valence-corrected chi connectivity index (χ0v) is 11.1. The lowest BCUT2D eigenvalue weighted by Gasteiger charge is -2.17. The molecular formula is C12H14N2O4S. The summed E-state index contributed by atoms with van der Waals surface area (Å²) in [5.41, 5.74) is 0.785. The lowest BCUT2D eigenvalue weighted by atomic mass is 10.1. The normalized spacial score (nSPS) is 22.3. The third-order valence-corrected chi connectivity index (χ3v) is 4.37. The molecule has 0 bridgehead atoms. The van der Waals surface area contributed by atoms with Gasteiger partial charge in [0, 0.05) is 29.6 Å². The SMILES string of the molecule is CC(NC1C=CS(=O)(=O)C1)c1cccc([N+](=O)[O-])c1. The predicted molar refractivity (Wildman–Crippen MR) is 71.4 cm³/mol. The standard InChI is InChI=1S/C12H14N2O4S/c1-9(13-11-5-6-19(17,18)8-11)10-3-2-4-12(7-10)14(15)16/h2-7,9,11,13H,8H2,1H3. The Morgan fingerprint density at radius 3 is 2.79 bits per heavy atom. The van der Waals surface area contributed by atoms with Crippen molar-refractivity contribution < 1.29 is 13.3 Å². The van der Waals surface area contributed by atoms with Gasteiger partial charge >= 0.3 is 0 Å². The first-order valence-corrected chi connectivity index (χ1v) is 7.50. The van der Waals surface area contributed by atoms with Gasteiger partial charge in [0.05, 0.1) is 10.7 Å². The number of hydrogen-bond donors (Lipinski definition) is 1. The predicted octanol–water partition coefficient (Wildman–Crippen LogP) is 1.56. The summed E-state index contributed by atoms with van der Waals surface area (Å²) in [5, 5.41) is 15.0. The van der Waals surface area contributed by atoms with Gasteiger partial charge in [0.25, 0.3) is 5.69 Å². The minimum atomic E-state index is -3.10. The quantitative estimate of drug-likeness (QED) is 0.668. The highest BCUT2D eigenvalue weighted by atomic mass is 32.2. The molecule has 1 aromatic rings. The molecule has 0 aliphatic carbocycles. The van der Waals surface area contributed by atoms with E-state index in [1.165, 1.54) is 17.5 Å². The van der Waals surface area contributed by atoms with Crippen molar-refractivity contribution in [2.45, 2.75) is 19.0 Å². The van der Waals surface area contributed by atoms with E-state index in [-0.39, 0.29) is 23.5 Å².